The molecule has 2 aromatic heterocycles. The summed E-state index contributed by atoms with van der Waals surface area (Å²) in [7, 11) is 0. The number of hydrogen-bond acceptors (Lipinski definition) is 3. The monoisotopic (exact) mass is 330 g/mol. The van der Waals surface area contributed by atoms with Gasteiger partial charge in [0, 0.05) is 18.0 Å². The van der Waals surface area contributed by atoms with Gasteiger partial charge >= 0.3 is 0 Å². The van der Waals surface area contributed by atoms with Crippen molar-refractivity contribution in [3.8, 4) is 6.07 Å². The van der Waals surface area contributed by atoms with Gasteiger partial charge in [-0.25, -0.2) is 18.3 Å². The Kier molecular flexibility index (Phi) is 3.06. The lowest BCUT2D eigenvalue weighted by Crippen LogP contribution is -1.99. The second-order valence-corrected chi connectivity index (χ2v) is 5.90. The van der Waals surface area contributed by atoms with Gasteiger partial charge in [-0.2, -0.15) is 10.4 Å². The zero-order valence-corrected chi connectivity index (χ0v) is 12.4. The number of hydrogen-bond donors (Lipinski definition) is 0. The summed E-state index contributed by atoms with van der Waals surface area (Å²) in [5, 5.41) is 13.2. The van der Waals surface area contributed by atoms with Gasteiger partial charge in [0.15, 0.2) is 17.3 Å². The van der Waals surface area contributed by atoms with Crippen molar-refractivity contribution in [2.24, 2.45) is 0 Å². The van der Waals surface area contributed by atoms with Crippen LogP contribution in [0.3, 0.4) is 0 Å². The first-order valence-corrected chi connectivity index (χ1v) is 7.35. The van der Waals surface area contributed by atoms with Gasteiger partial charge in [0.25, 0.3) is 0 Å². The third-order valence-electron chi connectivity index (χ3n) is 4.18. The molecule has 1 aliphatic carbocycles. The third-order valence-corrected chi connectivity index (χ3v) is 4.36. The molecule has 1 saturated carbocycles. The molecule has 0 saturated heterocycles. The minimum Gasteiger partial charge on any atom is -0.235 e. The number of aromatic nitrogens is 3. The summed E-state index contributed by atoms with van der Waals surface area (Å²) in [6.45, 7) is 0. The Morgan fingerprint density at radius 1 is 1.22 bits per heavy atom. The molecule has 2 atom stereocenters. The summed E-state index contributed by atoms with van der Waals surface area (Å²) < 4.78 is 29.6. The third kappa shape index (κ3) is 2.16. The highest BCUT2D eigenvalue weighted by Gasteiger charge is 2.43. The Bertz CT molecular complexity index is 976. The van der Waals surface area contributed by atoms with Crippen LogP contribution in [-0.4, -0.2) is 14.6 Å². The molecule has 1 aromatic carbocycles. The summed E-state index contributed by atoms with van der Waals surface area (Å²) in [4.78, 5) is 4.25. The smallest absolute Gasteiger partial charge is 0.176 e. The summed E-state index contributed by atoms with van der Waals surface area (Å²) in [6, 6.07) is 6.15. The van der Waals surface area contributed by atoms with E-state index in [9.17, 15) is 8.78 Å². The first-order valence-electron chi connectivity index (χ1n) is 6.98. The quantitative estimate of drug-likeness (QED) is 0.718. The molecule has 0 N–H and O–H groups in total. The average Bonchev–Trinajstić information content (AvgIpc) is 3.18. The normalized spacial score (nSPS) is 19.7. The van der Waals surface area contributed by atoms with E-state index in [1.54, 1.807) is 29.0 Å². The number of imidazole rings is 1. The van der Waals surface area contributed by atoms with Crippen LogP contribution < -0.4 is 0 Å². The van der Waals surface area contributed by atoms with E-state index in [4.69, 9.17) is 16.9 Å². The number of nitriles is 1. The molecule has 4 rings (SSSR count). The van der Waals surface area contributed by atoms with Crippen molar-refractivity contribution in [1.82, 2.24) is 14.6 Å². The lowest BCUT2D eigenvalue weighted by atomic mass is 10.0. The van der Waals surface area contributed by atoms with Gasteiger partial charge in [0.1, 0.15) is 11.2 Å². The lowest BCUT2D eigenvalue weighted by Gasteiger charge is -2.06. The Labute approximate surface area is 134 Å². The minimum absolute atomic E-state index is 0.00207. The van der Waals surface area contributed by atoms with E-state index >= 15 is 0 Å². The van der Waals surface area contributed by atoms with Crippen LogP contribution in [0.4, 0.5) is 8.78 Å². The van der Waals surface area contributed by atoms with Gasteiger partial charge in [0.2, 0.25) is 0 Å². The van der Waals surface area contributed by atoms with Crippen LogP contribution in [-0.2, 0) is 0 Å². The van der Waals surface area contributed by atoms with Crippen LogP contribution in [0.2, 0.25) is 5.15 Å². The van der Waals surface area contributed by atoms with Gasteiger partial charge in [-0.1, -0.05) is 17.7 Å². The van der Waals surface area contributed by atoms with Crippen molar-refractivity contribution in [2.45, 2.75) is 18.3 Å². The van der Waals surface area contributed by atoms with E-state index in [1.165, 1.54) is 12.1 Å². The highest BCUT2D eigenvalue weighted by Crippen LogP contribution is 2.56. The molecular formula is C16H9ClF2N4. The maximum absolute atomic E-state index is 14.2. The van der Waals surface area contributed by atoms with E-state index in [2.05, 4.69) is 10.1 Å². The van der Waals surface area contributed by atoms with Crippen LogP contribution >= 0.6 is 11.6 Å². The lowest BCUT2D eigenvalue weighted by molar-refractivity contribution is 0.496. The second kappa shape index (κ2) is 5.00. The number of nitrogens with zero attached hydrogens (tertiary/aromatic N) is 4. The standard InChI is InChI=1S/C16H9ClF2N4/c17-13-6-12(16-21-3-4-23(16)22-13)11-5-10(11)9-2-1-8(7-20)14(18)15(9)19/h1-4,6,10-11H,5H2/t10-,11+/m1/s1. The number of benzene rings is 1. The van der Waals surface area contributed by atoms with Crippen molar-refractivity contribution < 1.29 is 8.78 Å². The maximum Gasteiger partial charge on any atom is 0.176 e. The zero-order chi connectivity index (χ0) is 16.1. The molecule has 0 spiro atoms. The van der Waals surface area contributed by atoms with Crippen LogP contribution in [0.25, 0.3) is 5.65 Å². The van der Waals surface area contributed by atoms with Gasteiger partial charge in [-0.3, -0.25) is 0 Å². The molecule has 2 heterocycles. The fraction of sp³-hybridized carbons (Fsp3) is 0.188. The molecule has 23 heavy (non-hydrogen) atoms. The van der Waals surface area contributed by atoms with E-state index in [0.717, 1.165) is 5.56 Å². The Balaban J connectivity index is 1.74. The van der Waals surface area contributed by atoms with Crippen LogP contribution in [0, 0.1) is 23.0 Å². The van der Waals surface area contributed by atoms with E-state index in [1.807, 2.05) is 0 Å². The van der Waals surface area contributed by atoms with Gasteiger partial charge in [-0.05, 0) is 36.0 Å². The minimum atomic E-state index is -1.09. The largest absolute Gasteiger partial charge is 0.235 e. The summed E-state index contributed by atoms with van der Waals surface area (Å²) in [5.74, 6) is -2.19. The fourth-order valence-electron chi connectivity index (χ4n) is 3.00. The molecule has 0 bridgehead atoms. The predicted octanol–water partition coefficient (Wildman–Crippen LogP) is 3.80. The molecule has 3 aromatic rings. The average molecular weight is 331 g/mol. The van der Waals surface area contributed by atoms with E-state index in [0.29, 0.717) is 17.2 Å². The first-order chi connectivity index (χ1) is 11.1. The molecule has 4 nitrogen and oxygen atoms in total. The van der Waals surface area contributed by atoms with Crippen molar-refractivity contribution in [3.63, 3.8) is 0 Å². The predicted molar refractivity (Wildman–Crippen MR) is 79.2 cm³/mol. The van der Waals surface area contributed by atoms with Gasteiger partial charge in [-0.15, -0.1) is 0 Å². The van der Waals surface area contributed by atoms with Crippen LogP contribution in [0.1, 0.15) is 34.9 Å². The van der Waals surface area contributed by atoms with Crippen LogP contribution in [0.15, 0.2) is 30.6 Å². The SMILES string of the molecule is N#Cc1ccc([C@H]2C[C@@H]2c2cc(Cl)nn3ccnc23)c(F)c1F. The summed E-state index contributed by atoms with van der Waals surface area (Å²) >= 11 is 6.01. The molecule has 0 aliphatic heterocycles. The second-order valence-electron chi connectivity index (χ2n) is 5.51. The molecule has 0 radical (unpaired) electrons. The highest BCUT2D eigenvalue weighted by atomic mass is 35.5. The topological polar surface area (TPSA) is 54.0 Å². The summed E-state index contributed by atoms with van der Waals surface area (Å²) in [5.41, 5.74) is 1.52. The van der Waals surface area contributed by atoms with Gasteiger partial charge < -0.3 is 0 Å². The molecular weight excluding hydrogens is 322 g/mol. The van der Waals surface area contributed by atoms with E-state index in [-0.39, 0.29) is 23.0 Å². The van der Waals surface area contributed by atoms with Gasteiger partial charge in [0.05, 0.1) is 5.56 Å². The highest BCUT2D eigenvalue weighted by molar-refractivity contribution is 6.29. The molecule has 114 valence electrons. The molecule has 1 fully saturated rings. The molecule has 7 heteroatoms. The van der Waals surface area contributed by atoms with E-state index < -0.39 is 11.6 Å². The fourth-order valence-corrected chi connectivity index (χ4v) is 3.20. The Morgan fingerprint density at radius 3 is 2.78 bits per heavy atom. The molecule has 0 unspecified atom stereocenters. The Morgan fingerprint density at radius 2 is 2.00 bits per heavy atom. The van der Waals surface area contributed by atoms with Crippen molar-refractivity contribution in [1.29, 1.82) is 5.26 Å². The number of halogens is 3. The summed E-state index contributed by atoms with van der Waals surface area (Å²) in [6.07, 6.45) is 3.97. The zero-order valence-electron chi connectivity index (χ0n) is 11.7. The van der Waals surface area contributed by atoms with Crippen molar-refractivity contribution in [3.05, 3.63) is 64.1 Å². The number of fused-ring (bicyclic) bond motifs is 1. The van der Waals surface area contributed by atoms with Crippen LogP contribution in [0.5, 0.6) is 0 Å². The first kappa shape index (κ1) is 14.1. The molecule has 1 aliphatic rings. The Hall–Kier alpha value is -2.52. The van der Waals surface area contributed by atoms with Crippen molar-refractivity contribution >= 4 is 17.2 Å². The van der Waals surface area contributed by atoms with Crippen molar-refractivity contribution in [2.75, 3.05) is 0 Å². The number of rotatable bonds is 2. The maximum atomic E-state index is 14.2. The molecule has 0 amide bonds.